The number of hydrogen-bond acceptors (Lipinski definition) is 4. The normalized spacial score (nSPS) is 11.6. The van der Waals surface area contributed by atoms with E-state index in [1.165, 1.54) is 19.2 Å². The molecule has 2 aromatic carbocycles. The molecule has 0 unspecified atom stereocenters. The first-order valence-electron chi connectivity index (χ1n) is 7.45. The fourth-order valence-corrected chi connectivity index (χ4v) is 3.47. The molecule has 0 spiro atoms. The van der Waals surface area contributed by atoms with Gasteiger partial charge >= 0.3 is 5.97 Å². The second-order valence-corrected chi connectivity index (χ2v) is 8.19. The minimum Gasteiger partial charge on any atom is -0.465 e. The quantitative estimate of drug-likeness (QED) is 0.652. The van der Waals surface area contributed by atoms with Gasteiger partial charge in [0.05, 0.1) is 17.6 Å². The van der Waals surface area contributed by atoms with Crippen LogP contribution in [-0.2, 0) is 21.1 Å². The van der Waals surface area contributed by atoms with Crippen LogP contribution in [0.15, 0.2) is 53.6 Å². The molecule has 130 valence electrons. The highest BCUT2D eigenvalue weighted by Gasteiger charge is 2.18. The molecule has 3 aromatic rings. The van der Waals surface area contributed by atoms with E-state index in [1.807, 2.05) is 16.7 Å². The van der Waals surface area contributed by atoms with Gasteiger partial charge in [-0.25, -0.2) is 13.2 Å². The standard InChI is InChI=1S/C18H16ClNO4S/c1-24-18(21)16-11-20(10-12-3-5-13(19)6-4-12)17-8-7-14(9-15(16)17)25(2,22)23/h3-9,11H,10H2,1-2H3. The highest BCUT2D eigenvalue weighted by atomic mass is 35.5. The maximum Gasteiger partial charge on any atom is 0.340 e. The smallest absolute Gasteiger partial charge is 0.340 e. The van der Waals surface area contributed by atoms with Gasteiger partial charge in [-0.15, -0.1) is 0 Å². The second-order valence-electron chi connectivity index (χ2n) is 5.74. The molecule has 25 heavy (non-hydrogen) atoms. The van der Waals surface area contributed by atoms with Crippen molar-refractivity contribution in [2.24, 2.45) is 0 Å². The molecule has 3 rings (SSSR count). The van der Waals surface area contributed by atoms with Crippen molar-refractivity contribution in [3.8, 4) is 0 Å². The SMILES string of the molecule is COC(=O)c1cn(Cc2ccc(Cl)cc2)c2ccc(S(C)(=O)=O)cc12. The van der Waals surface area contributed by atoms with Crippen LogP contribution in [0.3, 0.4) is 0 Å². The van der Waals surface area contributed by atoms with E-state index in [-0.39, 0.29) is 4.90 Å². The monoisotopic (exact) mass is 377 g/mol. The Kier molecular flexibility index (Phi) is 4.58. The third-order valence-corrected chi connectivity index (χ3v) is 5.31. The van der Waals surface area contributed by atoms with Crippen molar-refractivity contribution >= 4 is 38.3 Å². The largest absolute Gasteiger partial charge is 0.465 e. The zero-order chi connectivity index (χ0) is 18.2. The van der Waals surface area contributed by atoms with Gasteiger partial charge in [0.2, 0.25) is 0 Å². The predicted octanol–water partition coefficient (Wildman–Crippen LogP) is 3.53. The van der Waals surface area contributed by atoms with Crippen LogP contribution in [0.4, 0.5) is 0 Å². The second kappa shape index (κ2) is 6.54. The summed E-state index contributed by atoms with van der Waals surface area (Å²) >= 11 is 5.91. The van der Waals surface area contributed by atoms with Gasteiger partial charge in [-0.1, -0.05) is 23.7 Å². The van der Waals surface area contributed by atoms with Crippen LogP contribution in [0.1, 0.15) is 15.9 Å². The van der Waals surface area contributed by atoms with Crippen molar-refractivity contribution in [1.82, 2.24) is 4.57 Å². The Morgan fingerprint density at radius 3 is 2.44 bits per heavy atom. The summed E-state index contributed by atoms with van der Waals surface area (Å²) in [4.78, 5) is 12.3. The summed E-state index contributed by atoms with van der Waals surface area (Å²) in [6.07, 6.45) is 2.81. The van der Waals surface area contributed by atoms with Crippen LogP contribution in [-0.4, -0.2) is 32.3 Å². The number of halogens is 1. The first-order chi connectivity index (χ1) is 11.8. The number of methoxy groups -OCH3 is 1. The van der Waals surface area contributed by atoms with Gasteiger partial charge in [0, 0.05) is 34.9 Å². The van der Waals surface area contributed by atoms with E-state index >= 15 is 0 Å². The van der Waals surface area contributed by atoms with Crippen LogP contribution < -0.4 is 0 Å². The summed E-state index contributed by atoms with van der Waals surface area (Å²) in [5, 5.41) is 1.19. The fraction of sp³-hybridized carbons (Fsp3) is 0.167. The Morgan fingerprint density at radius 2 is 1.84 bits per heavy atom. The molecule has 0 saturated heterocycles. The van der Waals surface area contributed by atoms with Gasteiger partial charge < -0.3 is 9.30 Å². The molecule has 0 fully saturated rings. The minimum absolute atomic E-state index is 0.161. The average Bonchev–Trinajstić information content (AvgIpc) is 2.93. The molecule has 0 atom stereocenters. The molecular weight excluding hydrogens is 362 g/mol. The number of rotatable bonds is 4. The van der Waals surface area contributed by atoms with E-state index in [2.05, 4.69) is 0 Å². The Hall–Kier alpha value is -2.31. The molecule has 0 aliphatic heterocycles. The van der Waals surface area contributed by atoms with Gasteiger partial charge in [-0.2, -0.15) is 0 Å². The summed E-state index contributed by atoms with van der Waals surface area (Å²) in [6.45, 7) is 0.517. The lowest BCUT2D eigenvalue weighted by molar-refractivity contribution is 0.0602. The number of benzene rings is 2. The van der Waals surface area contributed by atoms with Crippen molar-refractivity contribution in [3.63, 3.8) is 0 Å². The number of sulfone groups is 1. The Labute approximate surface area is 150 Å². The van der Waals surface area contributed by atoms with Gasteiger partial charge in [-0.3, -0.25) is 0 Å². The van der Waals surface area contributed by atoms with Crippen LogP contribution in [0.25, 0.3) is 10.9 Å². The molecule has 0 amide bonds. The predicted molar refractivity (Wildman–Crippen MR) is 96.9 cm³/mol. The summed E-state index contributed by atoms with van der Waals surface area (Å²) in [5.41, 5.74) is 2.09. The number of carbonyl (C=O) groups is 1. The average molecular weight is 378 g/mol. The van der Waals surface area contributed by atoms with Crippen molar-refractivity contribution in [3.05, 3.63) is 64.8 Å². The lowest BCUT2D eigenvalue weighted by Crippen LogP contribution is -2.01. The molecule has 0 radical (unpaired) electrons. The molecular formula is C18H16ClNO4S. The third kappa shape index (κ3) is 3.55. The minimum atomic E-state index is -3.37. The van der Waals surface area contributed by atoms with Gasteiger partial charge in [-0.05, 0) is 35.9 Å². The maximum atomic E-state index is 12.1. The molecule has 0 N–H and O–H groups in total. The molecule has 7 heteroatoms. The van der Waals surface area contributed by atoms with Crippen molar-refractivity contribution in [1.29, 1.82) is 0 Å². The first kappa shape index (κ1) is 17.5. The van der Waals surface area contributed by atoms with Gasteiger partial charge in [0.1, 0.15) is 0 Å². The maximum absolute atomic E-state index is 12.1. The lowest BCUT2D eigenvalue weighted by Gasteiger charge is -2.06. The van der Waals surface area contributed by atoms with Gasteiger partial charge in [0.15, 0.2) is 9.84 Å². The third-order valence-electron chi connectivity index (χ3n) is 3.95. The highest BCUT2D eigenvalue weighted by Crippen LogP contribution is 2.26. The fourth-order valence-electron chi connectivity index (χ4n) is 2.70. The molecule has 0 bridgehead atoms. The van der Waals surface area contributed by atoms with E-state index in [1.54, 1.807) is 24.4 Å². The van der Waals surface area contributed by atoms with Crippen molar-refractivity contribution in [2.45, 2.75) is 11.4 Å². The van der Waals surface area contributed by atoms with Crippen LogP contribution in [0.2, 0.25) is 5.02 Å². The van der Waals surface area contributed by atoms with E-state index in [4.69, 9.17) is 16.3 Å². The Morgan fingerprint density at radius 1 is 1.16 bits per heavy atom. The van der Waals surface area contributed by atoms with Gasteiger partial charge in [0.25, 0.3) is 0 Å². The molecule has 1 aromatic heterocycles. The highest BCUT2D eigenvalue weighted by molar-refractivity contribution is 7.90. The van der Waals surface area contributed by atoms with E-state index in [0.717, 1.165) is 17.3 Å². The number of nitrogens with zero attached hydrogens (tertiary/aromatic N) is 1. The number of hydrogen-bond donors (Lipinski definition) is 0. The van der Waals surface area contributed by atoms with E-state index in [9.17, 15) is 13.2 Å². The Balaban J connectivity index is 2.16. The van der Waals surface area contributed by atoms with E-state index in [0.29, 0.717) is 22.5 Å². The summed E-state index contributed by atoms with van der Waals surface area (Å²) < 4.78 is 30.4. The van der Waals surface area contributed by atoms with Crippen LogP contribution in [0, 0.1) is 0 Å². The molecule has 0 aliphatic carbocycles. The molecule has 0 aliphatic rings. The summed E-state index contributed by atoms with van der Waals surface area (Å²) in [6, 6.07) is 12.1. The number of ether oxygens (including phenoxy) is 1. The number of aromatic nitrogens is 1. The summed E-state index contributed by atoms with van der Waals surface area (Å²) in [5.74, 6) is -0.509. The zero-order valence-corrected chi connectivity index (χ0v) is 15.3. The first-order valence-corrected chi connectivity index (χ1v) is 9.72. The van der Waals surface area contributed by atoms with Crippen molar-refractivity contribution < 1.29 is 17.9 Å². The molecule has 1 heterocycles. The summed E-state index contributed by atoms with van der Waals surface area (Å²) in [7, 11) is -2.08. The number of carbonyl (C=O) groups excluding carboxylic acids is 1. The molecule has 0 saturated carbocycles. The lowest BCUT2D eigenvalue weighted by atomic mass is 10.2. The van der Waals surface area contributed by atoms with E-state index < -0.39 is 15.8 Å². The van der Waals surface area contributed by atoms with Crippen molar-refractivity contribution in [2.75, 3.05) is 13.4 Å². The Bertz CT molecular complexity index is 1050. The van der Waals surface area contributed by atoms with Crippen LogP contribution in [0.5, 0.6) is 0 Å². The number of esters is 1. The topological polar surface area (TPSA) is 65.4 Å². The number of fused-ring (bicyclic) bond motifs is 1. The molecule has 5 nitrogen and oxygen atoms in total. The van der Waals surface area contributed by atoms with Crippen LogP contribution >= 0.6 is 11.6 Å². The zero-order valence-electron chi connectivity index (χ0n) is 13.7.